The molecule has 0 saturated heterocycles. The zero-order valence-corrected chi connectivity index (χ0v) is 12.0. The molecule has 2 aromatic carbocycles. The molecule has 2 rings (SSSR count). The topological polar surface area (TPSA) is 24.5 Å². The van der Waals surface area contributed by atoms with Gasteiger partial charge in [0.15, 0.2) is 0 Å². The van der Waals surface area contributed by atoms with Crippen LogP contribution >= 0.6 is 0 Å². The lowest BCUT2D eigenvalue weighted by molar-refractivity contribution is 0.471. The molecule has 4 heteroatoms. The summed E-state index contributed by atoms with van der Waals surface area (Å²) < 4.78 is 19.2. The highest BCUT2D eigenvalue weighted by molar-refractivity contribution is 5.50. The molecule has 3 nitrogen and oxygen atoms in total. The lowest BCUT2D eigenvalue weighted by Crippen LogP contribution is -2.08. The Kier molecular flexibility index (Phi) is 4.58. The molecule has 0 radical (unpaired) electrons. The minimum absolute atomic E-state index is 0.260. The molecular formula is C16H19FN2O. The van der Waals surface area contributed by atoms with Gasteiger partial charge >= 0.3 is 0 Å². The fourth-order valence-electron chi connectivity index (χ4n) is 1.93. The fraction of sp³-hybridized carbons (Fsp3) is 0.250. The van der Waals surface area contributed by atoms with E-state index >= 15 is 0 Å². The second-order valence-electron chi connectivity index (χ2n) is 4.78. The largest absolute Gasteiger partial charge is 0.457 e. The van der Waals surface area contributed by atoms with Crippen molar-refractivity contribution in [3.8, 4) is 11.5 Å². The van der Waals surface area contributed by atoms with Gasteiger partial charge in [0.1, 0.15) is 17.3 Å². The molecular weight excluding hydrogens is 255 g/mol. The lowest BCUT2D eigenvalue weighted by atomic mass is 10.2. The van der Waals surface area contributed by atoms with Gasteiger partial charge in [0, 0.05) is 38.0 Å². The third-order valence-electron chi connectivity index (χ3n) is 2.95. The van der Waals surface area contributed by atoms with E-state index in [4.69, 9.17) is 4.74 Å². The second-order valence-corrected chi connectivity index (χ2v) is 4.78. The quantitative estimate of drug-likeness (QED) is 0.904. The van der Waals surface area contributed by atoms with Crippen molar-refractivity contribution in [3.63, 3.8) is 0 Å². The van der Waals surface area contributed by atoms with E-state index in [9.17, 15) is 4.39 Å². The summed E-state index contributed by atoms with van der Waals surface area (Å²) in [5.74, 6) is 1.14. The van der Waals surface area contributed by atoms with E-state index in [-0.39, 0.29) is 5.82 Å². The third kappa shape index (κ3) is 3.48. The standard InChI is InChI=1S/C16H19FN2O/c1-18-11-12-9-13(17)7-8-16(12)20-15-6-4-5-14(10-15)19(2)3/h4-10,18H,11H2,1-3H3. The average Bonchev–Trinajstić information content (AvgIpc) is 2.42. The maximum atomic E-state index is 13.3. The Balaban J connectivity index is 2.27. The first kappa shape index (κ1) is 14.3. The van der Waals surface area contributed by atoms with Crippen LogP contribution in [0.5, 0.6) is 11.5 Å². The number of nitrogens with zero attached hydrogens (tertiary/aromatic N) is 1. The van der Waals surface area contributed by atoms with Gasteiger partial charge in [0.05, 0.1) is 0 Å². The number of anilines is 1. The summed E-state index contributed by atoms with van der Waals surface area (Å²) >= 11 is 0. The maximum Gasteiger partial charge on any atom is 0.132 e. The third-order valence-corrected chi connectivity index (χ3v) is 2.95. The van der Waals surface area contributed by atoms with Crippen molar-refractivity contribution in [2.75, 3.05) is 26.0 Å². The highest BCUT2D eigenvalue weighted by atomic mass is 19.1. The first-order valence-corrected chi connectivity index (χ1v) is 6.48. The van der Waals surface area contributed by atoms with Crippen LogP contribution in [0.15, 0.2) is 42.5 Å². The number of ether oxygens (including phenoxy) is 1. The van der Waals surface area contributed by atoms with E-state index in [2.05, 4.69) is 5.32 Å². The molecule has 2 aromatic rings. The van der Waals surface area contributed by atoms with Gasteiger partial charge in [0.2, 0.25) is 0 Å². The molecule has 0 aliphatic heterocycles. The van der Waals surface area contributed by atoms with E-state index in [1.54, 1.807) is 6.07 Å². The van der Waals surface area contributed by atoms with Crippen molar-refractivity contribution in [1.29, 1.82) is 0 Å². The molecule has 0 bridgehead atoms. The van der Waals surface area contributed by atoms with Crippen LogP contribution in [0.2, 0.25) is 0 Å². The van der Waals surface area contributed by atoms with E-state index in [0.717, 1.165) is 17.0 Å². The Morgan fingerprint density at radius 1 is 1.15 bits per heavy atom. The van der Waals surface area contributed by atoms with Crippen molar-refractivity contribution in [2.24, 2.45) is 0 Å². The van der Waals surface area contributed by atoms with E-state index in [0.29, 0.717) is 12.3 Å². The lowest BCUT2D eigenvalue weighted by Gasteiger charge is -2.15. The van der Waals surface area contributed by atoms with E-state index in [1.807, 2.05) is 50.3 Å². The van der Waals surface area contributed by atoms with Crippen LogP contribution in [0.1, 0.15) is 5.56 Å². The zero-order valence-electron chi connectivity index (χ0n) is 12.0. The number of rotatable bonds is 5. The Labute approximate surface area is 119 Å². The monoisotopic (exact) mass is 274 g/mol. The number of halogens is 1. The molecule has 0 aliphatic rings. The Hall–Kier alpha value is -2.07. The second kappa shape index (κ2) is 6.39. The number of benzene rings is 2. The van der Waals surface area contributed by atoms with E-state index < -0.39 is 0 Å². The maximum absolute atomic E-state index is 13.3. The molecule has 20 heavy (non-hydrogen) atoms. The predicted octanol–water partition coefficient (Wildman–Crippen LogP) is 3.40. The van der Waals surface area contributed by atoms with Gasteiger partial charge in [-0.05, 0) is 37.4 Å². The Bertz CT molecular complexity index is 584. The molecule has 0 heterocycles. The molecule has 106 valence electrons. The van der Waals surface area contributed by atoms with Crippen molar-refractivity contribution in [2.45, 2.75) is 6.54 Å². The summed E-state index contributed by atoms with van der Waals surface area (Å²) in [6.45, 7) is 0.556. The summed E-state index contributed by atoms with van der Waals surface area (Å²) in [6.07, 6.45) is 0. The SMILES string of the molecule is CNCc1cc(F)ccc1Oc1cccc(N(C)C)c1. The first-order valence-electron chi connectivity index (χ1n) is 6.48. The Morgan fingerprint density at radius 3 is 2.65 bits per heavy atom. The Morgan fingerprint density at radius 2 is 1.95 bits per heavy atom. The van der Waals surface area contributed by atoms with Crippen LogP contribution in [0.3, 0.4) is 0 Å². The van der Waals surface area contributed by atoms with Gasteiger partial charge in [-0.2, -0.15) is 0 Å². The summed E-state index contributed by atoms with van der Waals surface area (Å²) in [6, 6.07) is 12.3. The van der Waals surface area contributed by atoms with Gasteiger partial charge in [-0.3, -0.25) is 0 Å². The summed E-state index contributed by atoms with van der Waals surface area (Å²) in [4.78, 5) is 2.01. The molecule has 0 atom stereocenters. The molecule has 0 saturated carbocycles. The molecule has 1 N–H and O–H groups in total. The van der Waals surface area contributed by atoms with Crippen LogP contribution in [0, 0.1) is 5.82 Å². The van der Waals surface area contributed by atoms with Crippen LogP contribution in [-0.4, -0.2) is 21.1 Å². The van der Waals surface area contributed by atoms with Gasteiger partial charge < -0.3 is 15.0 Å². The molecule has 0 unspecified atom stereocenters. The minimum Gasteiger partial charge on any atom is -0.457 e. The van der Waals surface area contributed by atoms with Crippen LogP contribution in [-0.2, 0) is 6.54 Å². The van der Waals surface area contributed by atoms with Gasteiger partial charge in [0.25, 0.3) is 0 Å². The molecule has 0 aliphatic carbocycles. The molecule has 0 amide bonds. The van der Waals surface area contributed by atoms with E-state index in [1.165, 1.54) is 12.1 Å². The summed E-state index contributed by atoms with van der Waals surface area (Å²) in [7, 11) is 5.77. The molecule has 0 fully saturated rings. The van der Waals surface area contributed by atoms with Gasteiger partial charge in [-0.25, -0.2) is 4.39 Å². The van der Waals surface area contributed by atoms with Gasteiger partial charge in [-0.1, -0.05) is 6.07 Å². The number of hydrogen-bond donors (Lipinski definition) is 1. The predicted molar refractivity (Wildman–Crippen MR) is 80.0 cm³/mol. The first-order chi connectivity index (χ1) is 9.60. The normalized spacial score (nSPS) is 10.4. The summed E-state index contributed by atoms with van der Waals surface area (Å²) in [5, 5.41) is 3.01. The van der Waals surface area contributed by atoms with Crippen molar-refractivity contribution < 1.29 is 9.13 Å². The highest BCUT2D eigenvalue weighted by Gasteiger charge is 2.07. The van der Waals surface area contributed by atoms with Crippen LogP contribution in [0.25, 0.3) is 0 Å². The number of hydrogen-bond acceptors (Lipinski definition) is 3. The van der Waals surface area contributed by atoms with Crippen molar-refractivity contribution in [3.05, 3.63) is 53.8 Å². The van der Waals surface area contributed by atoms with Crippen molar-refractivity contribution >= 4 is 5.69 Å². The molecule has 0 spiro atoms. The smallest absolute Gasteiger partial charge is 0.132 e. The fourth-order valence-corrected chi connectivity index (χ4v) is 1.93. The minimum atomic E-state index is -0.260. The average molecular weight is 274 g/mol. The highest BCUT2D eigenvalue weighted by Crippen LogP contribution is 2.28. The van der Waals surface area contributed by atoms with Crippen LogP contribution < -0.4 is 15.0 Å². The summed E-state index contributed by atoms with van der Waals surface area (Å²) in [5.41, 5.74) is 1.85. The number of nitrogens with one attached hydrogen (secondary N) is 1. The van der Waals surface area contributed by atoms with Gasteiger partial charge in [-0.15, -0.1) is 0 Å². The molecule has 0 aromatic heterocycles. The van der Waals surface area contributed by atoms with Crippen LogP contribution in [0.4, 0.5) is 10.1 Å². The van der Waals surface area contributed by atoms with Crippen molar-refractivity contribution in [1.82, 2.24) is 5.32 Å². The zero-order chi connectivity index (χ0) is 14.5.